The van der Waals surface area contributed by atoms with E-state index in [4.69, 9.17) is 34.8 Å². The minimum Gasteiger partial charge on any atom is -0.360 e. The number of halogens is 3. The number of anilines is 1. The van der Waals surface area contributed by atoms with Crippen LogP contribution in [0.15, 0.2) is 42.5 Å². The molecule has 0 saturated carbocycles. The normalized spacial score (nSPS) is 20.7. The van der Waals surface area contributed by atoms with Crippen LogP contribution in [0.5, 0.6) is 0 Å². The molecule has 29 heavy (non-hydrogen) atoms. The number of benzene rings is 2. The third kappa shape index (κ3) is 4.66. The molecule has 1 N–H and O–H groups in total. The summed E-state index contributed by atoms with van der Waals surface area (Å²) in [6.45, 7) is 3.86. The fourth-order valence-corrected chi connectivity index (χ4v) is 4.93. The van der Waals surface area contributed by atoms with E-state index in [1.165, 1.54) is 0 Å². The number of carbonyl (C=O) groups is 1. The molecule has 2 fully saturated rings. The van der Waals surface area contributed by atoms with Crippen molar-refractivity contribution in [1.29, 1.82) is 0 Å². The summed E-state index contributed by atoms with van der Waals surface area (Å²) in [6, 6.07) is 13.4. The van der Waals surface area contributed by atoms with E-state index in [0.29, 0.717) is 34.7 Å². The van der Waals surface area contributed by atoms with E-state index in [9.17, 15) is 4.79 Å². The van der Waals surface area contributed by atoms with Crippen LogP contribution in [-0.4, -0.2) is 43.5 Å². The van der Waals surface area contributed by atoms with Crippen LogP contribution < -0.4 is 10.2 Å². The van der Waals surface area contributed by atoms with Gasteiger partial charge in [0.05, 0.1) is 16.8 Å². The summed E-state index contributed by atoms with van der Waals surface area (Å²) >= 11 is 18.7. The summed E-state index contributed by atoms with van der Waals surface area (Å²) in [5, 5.41) is 5.26. The van der Waals surface area contributed by atoms with Gasteiger partial charge in [-0.05, 0) is 61.8 Å². The van der Waals surface area contributed by atoms with Gasteiger partial charge in [0, 0.05) is 35.6 Å². The molecule has 0 aliphatic carbocycles. The minimum absolute atomic E-state index is 0.00496. The van der Waals surface area contributed by atoms with Crippen LogP contribution in [0.2, 0.25) is 15.1 Å². The Balaban J connectivity index is 1.62. The lowest BCUT2D eigenvalue weighted by molar-refractivity contribution is -0.137. The fraction of sp³-hybridized carbons (Fsp3) is 0.409. The molecule has 1 amide bonds. The lowest BCUT2D eigenvalue weighted by Crippen LogP contribution is -2.53. The van der Waals surface area contributed by atoms with Crippen molar-refractivity contribution in [3.63, 3.8) is 0 Å². The van der Waals surface area contributed by atoms with E-state index in [0.717, 1.165) is 37.2 Å². The number of amides is 1. The largest absolute Gasteiger partial charge is 0.360 e. The molecule has 4 rings (SSSR count). The van der Waals surface area contributed by atoms with Crippen LogP contribution in [0.4, 0.5) is 5.69 Å². The van der Waals surface area contributed by atoms with Gasteiger partial charge in [-0.3, -0.25) is 4.79 Å². The van der Waals surface area contributed by atoms with E-state index >= 15 is 0 Å². The third-order valence-electron chi connectivity index (χ3n) is 5.85. The summed E-state index contributed by atoms with van der Waals surface area (Å²) in [5.41, 5.74) is 2.05. The van der Waals surface area contributed by atoms with Gasteiger partial charge in [0.15, 0.2) is 0 Å². The van der Waals surface area contributed by atoms with Crippen LogP contribution in [0.3, 0.4) is 0 Å². The summed E-state index contributed by atoms with van der Waals surface area (Å²) in [7, 11) is 0. The Labute approximate surface area is 186 Å². The lowest BCUT2D eigenvalue weighted by atomic mass is 9.94. The molecule has 2 aliphatic heterocycles. The molecule has 0 unspecified atom stereocenters. The third-order valence-corrected chi connectivity index (χ3v) is 6.64. The molecule has 2 aliphatic rings. The maximum absolute atomic E-state index is 13.2. The van der Waals surface area contributed by atoms with Crippen LogP contribution in [0.1, 0.15) is 24.4 Å². The zero-order valence-corrected chi connectivity index (χ0v) is 18.4. The lowest BCUT2D eigenvalue weighted by Gasteiger charge is -2.44. The van der Waals surface area contributed by atoms with E-state index in [1.807, 2.05) is 41.3 Å². The predicted octanol–water partition coefficient (Wildman–Crippen LogP) is 5.04. The SMILES string of the molecule is O=C(C1CCNCC1)N1CCN(c2ccc(Cl)cc2Cl)[C@H](c2ccc(Cl)cc2)C1. The first kappa shape index (κ1) is 20.8. The fourth-order valence-electron chi connectivity index (χ4n) is 4.28. The van der Waals surface area contributed by atoms with Crippen molar-refractivity contribution in [1.82, 2.24) is 10.2 Å². The number of nitrogens with one attached hydrogen (secondary N) is 1. The van der Waals surface area contributed by atoms with Crippen LogP contribution in [-0.2, 0) is 4.79 Å². The number of nitrogens with zero attached hydrogens (tertiary/aromatic N) is 2. The standard InChI is InChI=1S/C22H24Cl3N3O/c23-17-3-1-15(2-4-17)21-14-27(22(29)16-7-9-26-10-8-16)11-12-28(21)20-6-5-18(24)13-19(20)25/h1-6,13,16,21,26H,7-12,14H2/t21-/m0/s1. The second-order valence-electron chi connectivity index (χ2n) is 7.67. The van der Waals surface area contributed by atoms with Crippen molar-refractivity contribution >= 4 is 46.4 Å². The quantitative estimate of drug-likeness (QED) is 0.709. The van der Waals surface area contributed by atoms with Crippen molar-refractivity contribution in [2.45, 2.75) is 18.9 Å². The average Bonchev–Trinajstić information content (AvgIpc) is 2.74. The molecule has 1 atom stereocenters. The van der Waals surface area contributed by atoms with Crippen molar-refractivity contribution < 1.29 is 4.79 Å². The van der Waals surface area contributed by atoms with Gasteiger partial charge in [0.25, 0.3) is 0 Å². The van der Waals surface area contributed by atoms with Gasteiger partial charge in [0.1, 0.15) is 0 Å². The zero-order valence-electron chi connectivity index (χ0n) is 16.1. The molecule has 0 aromatic heterocycles. The molecule has 7 heteroatoms. The Hall–Kier alpha value is -1.46. The summed E-state index contributed by atoms with van der Waals surface area (Å²) < 4.78 is 0. The van der Waals surface area contributed by atoms with Gasteiger partial charge in [-0.15, -0.1) is 0 Å². The number of hydrogen-bond donors (Lipinski definition) is 1. The van der Waals surface area contributed by atoms with Gasteiger partial charge < -0.3 is 15.1 Å². The molecule has 2 saturated heterocycles. The zero-order chi connectivity index (χ0) is 20.4. The van der Waals surface area contributed by atoms with Crippen molar-refractivity contribution in [2.75, 3.05) is 37.6 Å². The first-order chi connectivity index (χ1) is 14.0. The number of piperidine rings is 1. The molecule has 2 aromatic rings. The van der Waals surface area contributed by atoms with Crippen molar-refractivity contribution in [2.24, 2.45) is 5.92 Å². The van der Waals surface area contributed by atoms with Gasteiger partial charge in [0.2, 0.25) is 5.91 Å². The van der Waals surface area contributed by atoms with Crippen LogP contribution in [0.25, 0.3) is 0 Å². The average molecular weight is 453 g/mol. The second kappa shape index (κ2) is 9.13. The minimum atomic E-state index is 0.00496. The molecule has 2 aromatic carbocycles. The Morgan fingerprint density at radius 2 is 1.62 bits per heavy atom. The molecular formula is C22H24Cl3N3O. The first-order valence-corrected chi connectivity index (χ1v) is 11.1. The molecule has 4 nitrogen and oxygen atoms in total. The Bertz CT molecular complexity index is 868. The highest BCUT2D eigenvalue weighted by molar-refractivity contribution is 6.36. The summed E-state index contributed by atoms with van der Waals surface area (Å²) in [6.07, 6.45) is 1.82. The smallest absolute Gasteiger partial charge is 0.225 e. The van der Waals surface area contributed by atoms with E-state index in [1.54, 1.807) is 6.07 Å². The van der Waals surface area contributed by atoms with Crippen molar-refractivity contribution in [3.05, 3.63) is 63.1 Å². The molecule has 0 radical (unpaired) electrons. The molecular weight excluding hydrogens is 429 g/mol. The van der Waals surface area contributed by atoms with E-state index in [2.05, 4.69) is 10.2 Å². The van der Waals surface area contributed by atoms with Gasteiger partial charge in [-0.2, -0.15) is 0 Å². The highest BCUT2D eigenvalue weighted by Crippen LogP contribution is 2.37. The van der Waals surface area contributed by atoms with Gasteiger partial charge in [-0.25, -0.2) is 0 Å². The second-order valence-corrected chi connectivity index (χ2v) is 8.95. The van der Waals surface area contributed by atoms with Crippen molar-refractivity contribution in [3.8, 4) is 0 Å². The van der Waals surface area contributed by atoms with Crippen LogP contribution >= 0.6 is 34.8 Å². The number of rotatable bonds is 3. The van der Waals surface area contributed by atoms with E-state index < -0.39 is 0 Å². The van der Waals surface area contributed by atoms with Crippen LogP contribution in [0, 0.1) is 5.92 Å². The highest BCUT2D eigenvalue weighted by Gasteiger charge is 2.34. The molecule has 154 valence electrons. The number of hydrogen-bond acceptors (Lipinski definition) is 3. The molecule has 0 bridgehead atoms. The monoisotopic (exact) mass is 451 g/mol. The Morgan fingerprint density at radius 3 is 2.31 bits per heavy atom. The summed E-state index contributed by atoms with van der Waals surface area (Å²) in [5.74, 6) is 0.389. The van der Waals surface area contributed by atoms with E-state index in [-0.39, 0.29) is 17.9 Å². The number of carbonyl (C=O) groups excluding carboxylic acids is 1. The number of piperazine rings is 1. The highest BCUT2D eigenvalue weighted by atomic mass is 35.5. The maximum atomic E-state index is 13.2. The topological polar surface area (TPSA) is 35.6 Å². The van der Waals surface area contributed by atoms with Gasteiger partial charge >= 0.3 is 0 Å². The Morgan fingerprint density at radius 1 is 0.931 bits per heavy atom. The Kier molecular flexibility index (Phi) is 6.55. The summed E-state index contributed by atoms with van der Waals surface area (Å²) in [4.78, 5) is 17.4. The predicted molar refractivity (Wildman–Crippen MR) is 120 cm³/mol. The first-order valence-electron chi connectivity index (χ1n) is 9.99. The molecule has 0 spiro atoms. The maximum Gasteiger partial charge on any atom is 0.225 e. The van der Waals surface area contributed by atoms with Gasteiger partial charge in [-0.1, -0.05) is 46.9 Å². The molecule has 2 heterocycles.